The van der Waals surface area contributed by atoms with Gasteiger partial charge in [-0.05, 0) is 30.2 Å². The van der Waals surface area contributed by atoms with E-state index in [2.05, 4.69) is 23.0 Å². The molecule has 0 fully saturated rings. The smallest absolute Gasteiger partial charge is 0.137 e. The average molecular weight is 214 g/mol. The molecule has 0 spiro atoms. The van der Waals surface area contributed by atoms with Gasteiger partial charge in [-0.15, -0.1) is 0 Å². The minimum Gasteiger partial charge on any atom is -0.506 e. The van der Waals surface area contributed by atoms with Gasteiger partial charge in [0.15, 0.2) is 0 Å². The molecule has 0 amide bonds. The summed E-state index contributed by atoms with van der Waals surface area (Å²) in [4.78, 5) is 8.46. The lowest BCUT2D eigenvalue weighted by Gasteiger charge is -2.03. The number of aromatic hydroxyl groups is 1. The zero-order valence-corrected chi connectivity index (χ0v) is 9.22. The molecule has 0 radical (unpaired) electrons. The van der Waals surface area contributed by atoms with Crippen molar-refractivity contribution in [2.24, 2.45) is 0 Å². The molecule has 0 saturated carbocycles. The molecule has 1 N–H and O–H groups in total. The molecule has 0 unspecified atom stereocenters. The van der Waals surface area contributed by atoms with Crippen LogP contribution in [0.2, 0.25) is 0 Å². The van der Waals surface area contributed by atoms with E-state index in [-0.39, 0.29) is 5.75 Å². The number of hydrogen-bond donors (Lipinski definition) is 1. The predicted octanol–water partition coefficient (Wildman–Crippen LogP) is 2.34. The minimum atomic E-state index is 0.226. The van der Waals surface area contributed by atoms with E-state index in [0.29, 0.717) is 12.1 Å². The average Bonchev–Trinajstić information content (AvgIpc) is 2.33. The normalized spacial score (nSPS) is 10.3. The lowest BCUT2D eigenvalue weighted by molar-refractivity contribution is 0.465. The molecule has 2 heterocycles. The maximum atomic E-state index is 9.58. The molecule has 0 saturated heterocycles. The fraction of sp³-hybridized carbons (Fsp3) is 0.231. The number of pyridine rings is 2. The Kier molecular flexibility index (Phi) is 3.15. The van der Waals surface area contributed by atoms with E-state index >= 15 is 0 Å². The first-order chi connectivity index (χ1) is 7.79. The van der Waals surface area contributed by atoms with Crippen LogP contribution >= 0.6 is 0 Å². The summed E-state index contributed by atoms with van der Waals surface area (Å²) in [6, 6.07) is 7.39. The third kappa shape index (κ3) is 2.37. The van der Waals surface area contributed by atoms with Gasteiger partial charge in [-0.3, -0.25) is 9.97 Å². The molecule has 0 aliphatic heterocycles. The molecule has 3 nitrogen and oxygen atoms in total. The van der Waals surface area contributed by atoms with E-state index in [0.717, 1.165) is 12.1 Å². The lowest BCUT2D eigenvalue weighted by Crippen LogP contribution is -1.95. The van der Waals surface area contributed by atoms with Crippen LogP contribution in [0.1, 0.15) is 23.9 Å². The highest BCUT2D eigenvalue weighted by atomic mass is 16.3. The zero-order chi connectivity index (χ0) is 11.4. The summed E-state index contributed by atoms with van der Waals surface area (Å²) in [5.41, 5.74) is 2.81. The van der Waals surface area contributed by atoms with Crippen molar-refractivity contribution in [1.29, 1.82) is 0 Å². The minimum absolute atomic E-state index is 0.226. The Hall–Kier alpha value is -1.90. The fourth-order valence-corrected chi connectivity index (χ4v) is 1.51. The van der Waals surface area contributed by atoms with Crippen LogP contribution < -0.4 is 0 Å². The van der Waals surface area contributed by atoms with Crippen molar-refractivity contribution in [3.63, 3.8) is 0 Å². The van der Waals surface area contributed by atoms with Crippen molar-refractivity contribution in [2.75, 3.05) is 0 Å². The maximum absolute atomic E-state index is 9.58. The fourth-order valence-electron chi connectivity index (χ4n) is 1.51. The topological polar surface area (TPSA) is 46.0 Å². The molecule has 82 valence electrons. The van der Waals surface area contributed by atoms with E-state index in [1.807, 2.05) is 12.3 Å². The number of aromatic nitrogens is 2. The quantitative estimate of drug-likeness (QED) is 0.853. The Labute approximate surface area is 94.8 Å². The van der Waals surface area contributed by atoms with Gasteiger partial charge < -0.3 is 5.11 Å². The van der Waals surface area contributed by atoms with Crippen LogP contribution in [0.4, 0.5) is 0 Å². The van der Waals surface area contributed by atoms with E-state index in [4.69, 9.17) is 0 Å². The number of hydrogen-bond acceptors (Lipinski definition) is 3. The molecule has 0 bridgehead atoms. The van der Waals surface area contributed by atoms with Crippen molar-refractivity contribution in [2.45, 2.75) is 19.8 Å². The Morgan fingerprint density at radius 3 is 2.69 bits per heavy atom. The molecule has 2 aromatic heterocycles. The van der Waals surface area contributed by atoms with Crippen molar-refractivity contribution in [3.8, 4) is 5.75 Å². The van der Waals surface area contributed by atoms with Gasteiger partial charge in [0, 0.05) is 24.5 Å². The van der Waals surface area contributed by atoms with E-state index in [9.17, 15) is 5.11 Å². The Morgan fingerprint density at radius 1 is 1.19 bits per heavy atom. The largest absolute Gasteiger partial charge is 0.506 e. The van der Waals surface area contributed by atoms with Gasteiger partial charge in [-0.1, -0.05) is 13.0 Å². The molecule has 2 aromatic rings. The molecular formula is C13H14N2O. The Morgan fingerprint density at radius 2 is 2.06 bits per heavy atom. The third-order valence-corrected chi connectivity index (χ3v) is 2.51. The summed E-state index contributed by atoms with van der Waals surface area (Å²) in [6.07, 6.45) is 5.10. The van der Waals surface area contributed by atoms with Crippen LogP contribution in [-0.4, -0.2) is 15.1 Å². The van der Waals surface area contributed by atoms with E-state index < -0.39 is 0 Å². The van der Waals surface area contributed by atoms with Crippen LogP contribution in [0.15, 0.2) is 36.7 Å². The molecule has 0 aliphatic rings. The molecular weight excluding hydrogens is 200 g/mol. The van der Waals surface area contributed by atoms with Crippen LogP contribution in [0.5, 0.6) is 5.75 Å². The number of rotatable bonds is 3. The third-order valence-electron chi connectivity index (χ3n) is 2.51. The van der Waals surface area contributed by atoms with Crippen LogP contribution in [0.25, 0.3) is 0 Å². The van der Waals surface area contributed by atoms with E-state index in [1.165, 1.54) is 5.56 Å². The lowest BCUT2D eigenvalue weighted by atomic mass is 10.1. The second kappa shape index (κ2) is 4.75. The predicted molar refractivity (Wildman–Crippen MR) is 62.3 cm³/mol. The van der Waals surface area contributed by atoms with Crippen molar-refractivity contribution < 1.29 is 5.11 Å². The Balaban J connectivity index is 2.18. The monoisotopic (exact) mass is 214 g/mol. The van der Waals surface area contributed by atoms with Gasteiger partial charge >= 0.3 is 0 Å². The summed E-state index contributed by atoms with van der Waals surface area (Å²) in [6.45, 7) is 2.10. The summed E-state index contributed by atoms with van der Waals surface area (Å²) in [5, 5.41) is 9.58. The molecule has 0 aromatic carbocycles. The van der Waals surface area contributed by atoms with Gasteiger partial charge in [0.2, 0.25) is 0 Å². The maximum Gasteiger partial charge on any atom is 0.137 e. The van der Waals surface area contributed by atoms with Crippen molar-refractivity contribution in [3.05, 3.63) is 53.6 Å². The number of aryl methyl sites for hydroxylation is 1. The number of nitrogens with zero attached hydrogens (tertiary/aromatic N) is 2. The summed E-state index contributed by atoms with van der Waals surface area (Å²) < 4.78 is 0. The molecule has 2 rings (SSSR count). The second-order valence-corrected chi connectivity index (χ2v) is 3.66. The highest BCUT2D eigenvalue weighted by Gasteiger charge is 2.03. The second-order valence-electron chi connectivity index (χ2n) is 3.66. The SMILES string of the molecule is CCc1ccc(Cc2ncccc2O)nc1. The summed E-state index contributed by atoms with van der Waals surface area (Å²) in [7, 11) is 0. The first-order valence-electron chi connectivity index (χ1n) is 5.36. The summed E-state index contributed by atoms with van der Waals surface area (Å²) >= 11 is 0. The first-order valence-corrected chi connectivity index (χ1v) is 5.36. The molecule has 0 aliphatic carbocycles. The molecule has 0 atom stereocenters. The highest BCUT2D eigenvalue weighted by molar-refractivity contribution is 5.29. The zero-order valence-electron chi connectivity index (χ0n) is 9.22. The van der Waals surface area contributed by atoms with Crippen LogP contribution in [0.3, 0.4) is 0 Å². The van der Waals surface area contributed by atoms with Crippen molar-refractivity contribution >= 4 is 0 Å². The first kappa shape index (κ1) is 10.6. The standard InChI is InChI=1S/C13H14N2O/c1-2-10-5-6-11(15-9-10)8-12-13(16)4-3-7-14-12/h3-7,9,16H,2,8H2,1H3. The summed E-state index contributed by atoms with van der Waals surface area (Å²) in [5.74, 6) is 0.226. The van der Waals surface area contributed by atoms with Gasteiger partial charge in [-0.2, -0.15) is 0 Å². The highest BCUT2D eigenvalue weighted by Crippen LogP contribution is 2.16. The van der Waals surface area contributed by atoms with Gasteiger partial charge in [0.25, 0.3) is 0 Å². The van der Waals surface area contributed by atoms with Crippen LogP contribution in [-0.2, 0) is 12.8 Å². The van der Waals surface area contributed by atoms with Gasteiger partial charge in [0.1, 0.15) is 5.75 Å². The van der Waals surface area contributed by atoms with Crippen molar-refractivity contribution in [1.82, 2.24) is 9.97 Å². The molecule has 16 heavy (non-hydrogen) atoms. The van der Waals surface area contributed by atoms with Gasteiger partial charge in [0.05, 0.1) is 5.69 Å². The van der Waals surface area contributed by atoms with E-state index in [1.54, 1.807) is 18.3 Å². The van der Waals surface area contributed by atoms with Crippen LogP contribution in [0, 0.1) is 0 Å². The van der Waals surface area contributed by atoms with Gasteiger partial charge in [-0.25, -0.2) is 0 Å². The Bertz CT molecular complexity index is 466. The molecule has 3 heteroatoms.